The summed E-state index contributed by atoms with van der Waals surface area (Å²) in [5.74, 6) is -1.63. The Morgan fingerprint density at radius 3 is 2.13 bits per heavy atom. The van der Waals surface area contributed by atoms with Crippen LogP contribution >= 0.6 is 0 Å². The lowest BCUT2D eigenvalue weighted by Crippen LogP contribution is -2.40. The molecule has 158 valence electrons. The maximum atomic E-state index is 12.2. The van der Waals surface area contributed by atoms with E-state index in [1.807, 2.05) is 24.3 Å². The summed E-state index contributed by atoms with van der Waals surface area (Å²) in [6.45, 7) is 3.69. The Bertz CT molecular complexity index is 897. The fourth-order valence-electron chi connectivity index (χ4n) is 3.66. The maximum Gasteiger partial charge on any atom is 0.407 e. The lowest BCUT2D eigenvalue weighted by Gasteiger charge is -2.16. The van der Waals surface area contributed by atoms with Crippen molar-refractivity contribution in [3.8, 4) is 11.1 Å². The number of ether oxygens (including phenoxy) is 1. The number of carbonyl (C=O) groups excluding carboxylic acids is 2. The highest BCUT2D eigenvalue weighted by Crippen LogP contribution is 2.44. The second-order valence-corrected chi connectivity index (χ2v) is 7.64. The molecule has 7 heteroatoms. The summed E-state index contributed by atoms with van der Waals surface area (Å²) in [7, 11) is 0. The van der Waals surface area contributed by atoms with Crippen molar-refractivity contribution in [2.45, 2.75) is 32.2 Å². The van der Waals surface area contributed by atoms with Crippen LogP contribution in [0.15, 0.2) is 48.5 Å². The smallest absolute Gasteiger partial charge is 0.407 e. The molecule has 1 unspecified atom stereocenters. The Kier molecular flexibility index (Phi) is 6.72. The van der Waals surface area contributed by atoms with Gasteiger partial charge in [-0.25, -0.2) is 4.79 Å². The van der Waals surface area contributed by atoms with E-state index in [4.69, 9.17) is 9.84 Å². The van der Waals surface area contributed by atoms with E-state index in [0.717, 1.165) is 22.3 Å². The molecular formula is C23H26N2O5. The molecule has 0 saturated carbocycles. The Hall–Kier alpha value is -3.35. The van der Waals surface area contributed by atoms with Crippen molar-refractivity contribution < 1.29 is 24.2 Å². The number of fused-ring (bicyclic) bond motifs is 3. The van der Waals surface area contributed by atoms with Crippen LogP contribution in [0.5, 0.6) is 0 Å². The predicted octanol–water partition coefficient (Wildman–Crippen LogP) is 3.14. The first-order valence-electron chi connectivity index (χ1n) is 9.97. The molecule has 0 aromatic heterocycles. The van der Waals surface area contributed by atoms with Crippen LogP contribution in [0.1, 0.15) is 37.3 Å². The summed E-state index contributed by atoms with van der Waals surface area (Å²) in [6, 6.07) is 15.3. The molecule has 30 heavy (non-hydrogen) atoms. The van der Waals surface area contributed by atoms with Gasteiger partial charge in [0.2, 0.25) is 5.91 Å². The van der Waals surface area contributed by atoms with E-state index in [2.05, 4.69) is 34.9 Å². The molecule has 1 aliphatic carbocycles. The highest BCUT2D eigenvalue weighted by atomic mass is 16.5. The number of rotatable bonds is 8. The van der Waals surface area contributed by atoms with Crippen LogP contribution in [0.2, 0.25) is 0 Å². The van der Waals surface area contributed by atoms with Crippen LogP contribution in [-0.4, -0.2) is 42.3 Å². The minimum atomic E-state index is -1.09. The zero-order valence-electron chi connectivity index (χ0n) is 17.1. The monoisotopic (exact) mass is 410 g/mol. The first-order chi connectivity index (χ1) is 14.4. The number of carbonyl (C=O) groups is 3. The zero-order chi connectivity index (χ0) is 21.7. The Labute approximate surface area is 175 Å². The van der Waals surface area contributed by atoms with Crippen molar-refractivity contribution in [1.82, 2.24) is 10.6 Å². The van der Waals surface area contributed by atoms with Gasteiger partial charge in [-0.15, -0.1) is 0 Å². The van der Waals surface area contributed by atoms with E-state index in [1.54, 1.807) is 6.92 Å². The Morgan fingerprint density at radius 2 is 1.57 bits per heavy atom. The molecule has 0 heterocycles. The van der Waals surface area contributed by atoms with E-state index in [0.29, 0.717) is 0 Å². The fraction of sp³-hybridized carbons (Fsp3) is 0.348. The molecule has 0 saturated heterocycles. The molecule has 0 spiro atoms. The van der Waals surface area contributed by atoms with Crippen LogP contribution < -0.4 is 10.6 Å². The van der Waals surface area contributed by atoms with Crippen LogP contribution in [0.4, 0.5) is 4.79 Å². The normalized spacial score (nSPS) is 14.2. The third-order valence-corrected chi connectivity index (χ3v) is 5.22. The maximum absolute atomic E-state index is 12.2. The van der Waals surface area contributed by atoms with Gasteiger partial charge in [0, 0.05) is 18.9 Å². The largest absolute Gasteiger partial charge is 0.480 e. The average molecular weight is 410 g/mol. The van der Waals surface area contributed by atoms with Gasteiger partial charge >= 0.3 is 12.1 Å². The van der Waals surface area contributed by atoms with Crippen LogP contribution in [0, 0.1) is 5.92 Å². The molecular weight excluding hydrogens is 384 g/mol. The zero-order valence-corrected chi connectivity index (χ0v) is 17.1. The molecule has 0 aliphatic heterocycles. The van der Waals surface area contributed by atoms with Crippen molar-refractivity contribution in [3.05, 3.63) is 59.7 Å². The lowest BCUT2D eigenvalue weighted by molar-refractivity contribution is -0.141. The average Bonchev–Trinajstić information content (AvgIpc) is 3.04. The van der Waals surface area contributed by atoms with Crippen LogP contribution in [-0.2, 0) is 14.3 Å². The van der Waals surface area contributed by atoms with E-state index in [-0.39, 0.29) is 37.3 Å². The molecule has 7 nitrogen and oxygen atoms in total. The molecule has 2 amide bonds. The van der Waals surface area contributed by atoms with Crippen LogP contribution in [0.3, 0.4) is 0 Å². The van der Waals surface area contributed by atoms with Crippen molar-refractivity contribution >= 4 is 18.0 Å². The van der Waals surface area contributed by atoms with Gasteiger partial charge in [0.15, 0.2) is 0 Å². The molecule has 3 rings (SSSR count). The topological polar surface area (TPSA) is 105 Å². The molecule has 2 aromatic carbocycles. The third-order valence-electron chi connectivity index (χ3n) is 5.22. The summed E-state index contributed by atoms with van der Waals surface area (Å²) in [5, 5.41) is 13.9. The van der Waals surface area contributed by atoms with Gasteiger partial charge in [0.05, 0.1) is 0 Å². The van der Waals surface area contributed by atoms with Gasteiger partial charge in [0.25, 0.3) is 0 Å². The standard InChI is InChI=1S/C23H26N2O5/c1-14(11-21(26)25-15(2)22(27)28)12-24-23(29)30-13-20-18-9-5-3-7-16(18)17-8-4-6-10-19(17)20/h3-10,14-15,20H,11-13H2,1-2H3,(H,24,29)(H,25,26)(H,27,28)/t14?,15-/m1/s1. The summed E-state index contributed by atoms with van der Waals surface area (Å²) in [5.41, 5.74) is 4.61. The van der Waals surface area contributed by atoms with Crippen molar-refractivity contribution in [2.75, 3.05) is 13.2 Å². The number of amides is 2. The first kappa shape index (κ1) is 21.4. The number of hydrogen-bond donors (Lipinski definition) is 3. The highest BCUT2D eigenvalue weighted by molar-refractivity contribution is 5.83. The lowest BCUT2D eigenvalue weighted by atomic mass is 9.98. The Morgan fingerprint density at radius 1 is 1.00 bits per heavy atom. The SMILES string of the molecule is CC(CNC(=O)OCC1c2ccccc2-c2ccccc21)CC(=O)N[C@H](C)C(=O)O. The van der Waals surface area contributed by atoms with Gasteiger partial charge in [0.1, 0.15) is 12.6 Å². The minimum absolute atomic E-state index is 0.0103. The summed E-state index contributed by atoms with van der Waals surface area (Å²) >= 11 is 0. The summed E-state index contributed by atoms with van der Waals surface area (Å²) in [6.07, 6.45) is -0.426. The van der Waals surface area contributed by atoms with E-state index >= 15 is 0 Å². The van der Waals surface area contributed by atoms with Crippen molar-refractivity contribution in [2.24, 2.45) is 5.92 Å². The minimum Gasteiger partial charge on any atom is -0.480 e. The van der Waals surface area contributed by atoms with E-state index < -0.39 is 18.1 Å². The summed E-state index contributed by atoms with van der Waals surface area (Å²) < 4.78 is 5.46. The molecule has 1 aliphatic rings. The van der Waals surface area contributed by atoms with Gasteiger partial charge in [-0.3, -0.25) is 9.59 Å². The number of alkyl carbamates (subject to hydrolysis) is 1. The molecule has 0 radical (unpaired) electrons. The molecule has 2 aromatic rings. The second-order valence-electron chi connectivity index (χ2n) is 7.64. The first-order valence-corrected chi connectivity index (χ1v) is 9.97. The van der Waals surface area contributed by atoms with Gasteiger partial charge in [-0.05, 0) is 35.1 Å². The van der Waals surface area contributed by atoms with E-state index in [9.17, 15) is 14.4 Å². The summed E-state index contributed by atoms with van der Waals surface area (Å²) in [4.78, 5) is 34.8. The number of carboxylic acid groups (broad SMARTS) is 1. The third kappa shape index (κ3) is 4.97. The molecule has 3 N–H and O–H groups in total. The number of benzene rings is 2. The second kappa shape index (κ2) is 9.43. The number of hydrogen-bond acceptors (Lipinski definition) is 4. The van der Waals surface area contributed by atoms with Gasteiger partial charge < -0.3 is 20.5 Å². The Balaban J connectivity index is 1.48. The van der Waals surface area contributed by atoms with Crippen LogP contribution in [0.25, 0.3) is 11.1 Å². The van der Waals surface area contributed by atoms with Crippen molar-refractivity contribution in [1.29, 1.82) is 0 Å². The number of carboxylic acids is 1. The van der Waals surface area contributed by atoms with E-state index in [1.165, 1.54) is 6.92 Å². The molecule has 0 fully saturated rings. The number of aliphatic carboxylic acids is 1. The fourth-order valence-corrected chi connectivity index (χ4v) is 3.66. The quantitative estimate of drug-likeness (QED) is 0.620. The predicted molar refractivity (Wildman–Crippen MR) is 112 cm³/mol. The molecule has 2 atom stereocenters. The van der Waals surface area contributed by atoms with Gasteiger partial charge in [-0.2, -0.15) is 0 Å². The number of nitrogens with one attached hydrogen (secondary N) is 2. The van der Waals surface area contributed by atoms with Crippen molar-refractivity contribution in [3.63, 3.8) is 0 Å². The highest BCUT2D eigenvalue weighted by Gasteiger charge is 2.29. The molecule has 0 bridgehead atoms. The van der Waals surface area contributed by atoms with Gasteiger partial charge in [-0.1, -0.05) is 55.5 Å².